The Kier molecular flexibility index (Phi) is 7.92. The average molecular weight is 284 g/mol. The summed E-state index contributed by atoms with van der Waals surface area (Å²) < 4.78 is 5.44. The Hall–Kier alpha value is -0.730. The van der Waals surface area contributed by atoms with E-state index < -0.39 is 0 Å². The highest BCUT2D eigenvalue weighted by Gasteiger charge is 2.12. The summed E-state index contributed by atoms with van der Waals surface area (Å²) in [5, 5.41) is 0.0486. The van der Waals surface area contributed by atoms with Crippen LogP contribution in [0.5, 0.6) is 5.75 Å². The fraction of sp³-hybridized carbons (Fsp3) is 0.625. The molecule has 0 radical (unpaired) electrons. The van der Waals surface area contributed by atoms with Crippen molar-refractivity contribution < 1.29 is 4.74 Å². The molecule has 2 nitrogen and oxygen atoms in total. The molecule has 0 spiro atoms. The number of halogens is 1. The van der Waals surface area contributed by atoms with Gasteiger partial charge in [-0.1, -0.05) is 32.4 Å². The van der Waals surface area contributed by atoms with Crippen LogP contribution in [0.2, 0.25) is 0 Å². The summed E-state index contributed by atoms with van der Waals surface area (Å²) in [7, 11) is 0. The Balaban J connectivity index is 2.53. The zero-order valence-electron chi connectivity index (χ0n) is 12.4. The molecule has 1 rings (SSSR count). The van der Waals surface area contributed by atoms with Crippen molar-refractivity contribution in [2.75, 3.05) is 26.2 Å². The predicted molar refractivity (Wildman–Crippen MR) is 83.2 cm³/mol. The van der Waals surface area contributed by atoms with Crippen LogP contribution in [0.15, 0.2) is 24.3 Å². The highest BCUT2D eigenvalue weighted by atomic mass is 35.5. The van der Waals surface area contributed by atoms with Crippen molar-refractivity contribution in [3.63, 3.8) is 0 Å². The second-order valence-corrected chi connectivity index (χ2v) is 5.24. The molecular formula is C16H26ClNO. The Labute approximate surface area is 122 Å². The number of unbranched alkanes of at least 4 members (excludes halogenated alkanes) is 1. The van der Waals surface area contributed by atoms with Crippen LogP contribution in [0.3, 0.4) is 0 Å². The van der Waals surface area contributed by atoms with Crippen LogP contribution >= 0.6 is 11.6 Å². The van der Waals surface area contributed by atoms with Gasteiger partial charge in [0.15, 0.2) is 0 Å². The first-order valence-corrected chi connectivity index (χ1v) is 7.74. The largest absolute Gasteiger partial charge is 0.494 e. The topological polar surface area (TPSA) is 12.5 Å². The molecule has 0 saturated heterocycles. The maximum Gasteiger partial charge on any atom is 0.119 e. The minimum Gasteiger partial charge on any atom is -0.494 e. The summed E-state index contributed by atoms with van der Waals surface area (Å²) in [5.74, 6) is 0.911. The lowest BCUT2D eigenvalue weighted by Gasteiger charge is -2.23. The number of alkyl halides is 1. The maximum atomic E-state index is 6.51. The van der Waals surface area contributed by atoms with E-state index in [4.69, 9.17) is 16.3 Å². The van der Waals surface area contributed by atoms with Gasteiger partial charge in [-0.05, 0) is 44.1 Å². The lowest BCUT2D eigenvalue weighted by Crippen LogP contribution is -2.28. The summed E-state index contributed by atoms with van der Waals surface area (Å²) >= 11 is 6.51. The molecule has 0 saturated carbocycles. The van der Waals surface area contributed by atoms with Crippen molar-refractivity contribution in [2.45, 2.75) is 39.0 Å². The van der Waals surface area contributed by atoms with E-state index in [1.54, 1.807) is 0 Å². The molecule has 0 N–H and O–H groups in total. The summed E-state index contributed by atoms with van der Waals surface area (Å²) in [4.78, 5) is 2.41. The van der Waals surface area contributed by atoms with Gasteiger partial charge in [0.2, 0.25) is 0 Å². The molecule has 1 aromatic carbocycles. The van der Waals surface area contributed by atoms with E-state index in [2.05, 4.69) is 30.9 Å². The third-order valence-electron chi connectivity index (χ3n) is 3.25. The van der Waals surface area contributed by atoms with Crippen molar-refractivity contribution in [2.24, 2.45) is 0 Å². The second-order valence-electron chi connectivity index (χ2n) is 4.72. The molecular weight excluding hydrogens is 258 g/mol. The quantitative estimate of drug-likeness (QED) is 0.619. The van der Waals surface area contributed by atoms with Crippen LogP contribution in [-0.2, 0) is 0 Å². The van der Waals surface area contributed by atoms with Crippen LogP contribution in [-0.4, -0.2) is 31.1 Å². The monoisotopic (exact) mass is 283 g/mol. The van der Waals surface area contributed by atoms with Gasteiger partial charge in [0.05, 0.1) is 12.0 Å². The van der Waals surface area contributed by atoms with E-state index in [1.165, 1.54) is 18.4 Å². The number of rotatable bonds is 9. The normalized spacial score (nSPS) is 12.7. The summed E-state index contributed by atoms with van der Waals surface area (Å²) in [5.41, 5.74) is 1.17. The molecule has 19 heavy (non-hydrogen) atoms. The van der Waals surface area contributed by atoms with Crippen LogP contribution in [0.1, 0.15) is 44.6 Å². The van der Waals surface area contributed by atoms with Gasteiger partial charge in [-0.15, -0.1) is 11.6 Å². The number of hydrogen-bond donors (Lipinski definition) is 0. The van der Waals surface area contributed by atoms with Crippen molar-refractivity contribution >= 4 is 11.6 Å². The number of benzene rings is 1. The standard InChI is InChI=1S/C16H26ClNO/c1-4-7-12-18(5-2)13-16(17)14-8-10-15(11-9-14)19-6-3/h8-11,16H,4-7,12-13H2,1-3H3. The van der Waals surface area contributed by atoms with Gasteiger partial charge in [-0.25, -0.2) is 0 Å². The molecule has 1 atom stereocenters. The number of likely N-dealkylation sites (N-methyl/N-ethyl adjacent to an activating group) is 1. The van der Waals surface area contributed by atoms with Crippen molar-refractivity contribution in [3.8, 4) is 5.75 Å². The summed E-state index contributed by atoms with van der Waals surface area (Å²) in [6, 6.07) is 8.12. The molecule has 0 amide bonds. The number of nitrogens with zero attached hydrogens (tertiary/aromatic N) is 1. The van der Waals surface area contributed by atoms with Gasteiger partial charge in [0, 0.05) is 6.54 Å². The smallest absolute Gasteiger partial charge is 0.119 e. The van der Waals surface area contributed by atoms with E-state index in [9.17, 15) is 0 Å². The molecule has 3 heteroatoms. The third kappa shape index (κ3) is 5.84. The first-order valence-electron chi connectivity index (χ1n) is 7.30. The summed E-state index contributed by atoms with van der Waals surface area (Å²) in [6.07, 6.45) is 2.47. The van der Waals surface area contributed by atoms with Gasteiger partial charge < -0.3 is 9.64 Å². The minimum absolute atomic E-state index is 0.0486. The van der Waals surface area contributed by atoms with Gasteiger partial charge >= 0.3 is 0 Å². The van der Waals surface area contributed by atoms with Crippen LogP contribution in [0, 0.1) is 0 Å². The Morgan fingerprint density at radius 3 is 2.37 bits per heavy atom. The lowest BCUT2D eigenvalue weighted by atomic mass is 10.1. The van der Waals surface area contributed by atoms with E-state index in [1.807, 2.05) is 19.1 Å². The lowest BCUT2D eigenvalue weighted by molar-refractivity contribution is 0.283. The van der Waals surface area contributed by atoms with Crippen LogP contribution in [0.4, 0.5) is 0 Å². The molecule has 0 aliphatic carbocycles. The van der Waals surface area contributed by atoms with E-state index in [-0.39, 0.29) is 5.38 Å². The van der Waals surface area contributed by atoms with Crippen molar-refractivity contribution in [1.82, 2.24) is 4.90 Å². The van der Waals surface area contributed by atoms with Gasteiger partial charge in [0.1, 0.15) is 5.75 Å². The highest BCUT2D eigenvalue weighted by molar-refractivity contribution is 6.21. The maximum absolute atomic E-state index is 6.51. The first-order chi connectivity index (χ1) is 9.21. The molecule has 0 fully saturated rings. The molecule has 1 aromatic rings. The Morgan fingerprint density at radius 2 is 1.84 bits per heavy atom. The molecule has 0 heterocycles. The first kappa shape index (κ1) is 16.3. The zero-order valence-corrected chi connectivity index (χ0v) is 13.1. The second kappa shape index (κ2) is 9.22. The van der Waals surface area contributed by atoms with E-state index in [0.29, 0.717) is 6.61 Å². The SMILES string of the molecule is CCCCN(CC)CC(Cl)c1ccc(OCC)cc1. The van der Waals surface area contributed by atoms with E-state index >= 15 is 0 Å². The molecule has 0 aliphatic heterocycles. The molecule has 108 valence electrons. The Morgan fingerprint density at radius 1 is 1.16 bits per heavy atom. The van der Waals surface area contributed by atoms with Crippen molar-refractivity contribution in [3.05, 3.63) is 29.8 Å². The van der Waals surface area contributed by atoms with Crippen molar-refractivity contribution in [1.29, 1.82) is 0 Å². The average Bonchev–Trinajstić information content (AvgIpc) is 2.44. The molecule has 0 aromatic heterocycles. The van der Waals surface area contributed by atoms with Gasteiger partial charge in [0.25, 0.3) is 0 Å². The molecule has 0 bridgehead atoms. The van der Waals surface area contributed by atoms with E-state index in [0.717, 1.165) is 25.4 Å². The fourth-order valence-electron chi connectivity index (χ4n) is 2.03. The van der Waals surface area contributed by atoms with Gasteiger partial charge in [-0.2, -0.15) is 0 Å². The zero-order chi connectivity index (χ0) is 14.1. The van der Waals surface area contributed by atoms with Crippen LogP contribution < -0.4 is 4.74 Å². The number of hydrogen-bond acceptors (Lipinski definition) is 2. The number of ether oxygens (including phenoxy) is 1. The third-order valence-corrected chi connectivity index (χ3v) is 3.64. The minimum atomic E-state index is 0.0486. The highest BCUT2D eigenvalue weighted by Crippen LogP contribution is 2.24. The Bertz CT molecular complexity index is 339. The van der Waals surface area contributed by atoms with Gasteiger partial charge in [-0.3, -0.25) is 0 Å². The molecule has 1 unspecified atom stereocenters. The summed E-state index contributed by atoms with van der Waals surface area (Å²) in [6.45, 7) is 10.2. The molecule has 0 aliphatic rings. The van der Waals surface area contributed by atoms with Crippen LogP contribution in [0.25, 0.3) is 0 Å². The fourth-order valence-corrected chi connectivity index (χ4v) is 2.37. The predicted octanol–water partition coefficient (Wildman–Crippen LogP) is 4.49.